The number of hydrogen-bond acceptors (Lipinski definition) is 5. The number of hydrogen-bond donors (Lipinski definition) is 1. The van der Waals surface area contributed by atoms with E-state index >= 15 is 0 Å². The third-order valence-electron chi connectivity index (χ3n) is 7.67. The van der Waals surface area contributed by atoms with Gasteiger partial charge in [0.05, 0.1) is 17.7 Å². The van der Waals surface area contributed by atoms with Crippen LogP contribution in [0.25, 0.3) is 0 Å². The zero-order valence-electron chi connectivity index (χ0n) is 26.2. The fourth-order valence-electron chi connectivity index (χ4n) is 4.84. The van der Waals surface area contributed by atoms with E-state index in [4.69, 9.17) is 39.5 Å². The van der Waals surface area contributed by atoms with Crippen LogP contribution in [0.1, 0.15) is 31.4 Å². The number of nitrogens with zero attached hydrogens (tertiary/aromatic N) is 2. The predicted molar refractivity (Wildman–Crippen MR) is 188 cm³/mol. The standard InChI is InChI=1S/C35H36Cl3N3O5S/c1-4-24(2)39-35(43)33(20-25-8-6-5-7-9-25)40(22-26-10-11-28(37)21-32(26)38)34(42)23-41(29-14-12-27(36)13-15-29)47(44,45)31-18-16-30(46-3)17-19-31/h5-19,21,24,33H,4,20,22-23H2,1-3H3,(H,39,43)/t24-,33-/m1/s1. The summed E-state index contributed by atoms with van der Waals surface area (Å²) in [7, 11) is -2.81. The van der Waals surface area contributed by atoms with Crippen LogP contribution in [0, 0.1) is 0 Å². The highest BCUT2D eigenvalue weighted by Gasteiger charge is 2.35. The van der Waals surface area contributed by atoms with Gasteiger partial charge in [0.15, 0.2) is 0 Å². The molecule has 4 rings (SSSR count). The van der Waals surface area contributed by atoms with Crippen LogP contribution in [0.15, 0.2) is 102 Å². The van der Waals surface area contributed by atoms with Crippen LogP contribution in [-0.2, 0) is 32.6 Å². The average Bonchev–Trinajstić information content (AvgIpc) is 3.06. The summed E-state index contributed by atoms with van der Waals surface area (Å²) < 4.78 is 34.6. The SMILES string of the molecule is CC[C@@H](C)NC(=O)[C@@H](Cc1ccccc1)N(Cc1ccc(Cl)cc1Cl)C(=O)CN(c1ccc(Cl)cc1)S(=O)(=O)c1ccc(OC)cc1. The van der Waals surface area contributed by atoms with E-state index in [1.807, 2.05) is 44.2 Å². The van der Waals surface area contributed by atoms with Gasteiger partial charge in [0.25, 0.3) is 10.0 Å². The first-order chi connectivity index (χ1) is 22.4. The number of anilines is 1. The molecule has 0 aromatic heterocycles. The number of sulfonamides is 1. The molecule has 0 saturated carbocycles. The number of benzene rings is 4. The van der Waals surface area contributed by atoms with E-state index in [0.717, 1.165) is 9.87 Å². The van der Waals surface area contributed by atoms with Crippen molar-refractivity contribution in [1.29, 1.82) is 0 Å². The lowest BCUT2D eigenvalue weighted by Gasteiger charge is -2.34. The monoisotopic (exact) mass is 715 g/mol. The second-order valence-electron chi connectivity index (χ2n) is 10.9. The number of rotatable bonds is 14. The zero-order valence-corrected chi connectivity index (χ0v) is 29.3. The van der Waals surface area contributed by atoms with E-state index < -0.39 is 28.5 Å². The molecule has 0 fully saturated rings. The molecular weight excluding hydrogens is 681 g/mol. The Balaban J connectivity index is 1.82. The van der Waals surface area contributed by atoms with Crippen molar-refractivity contribution in [3.8, 4) is 5.75 Å². The summed E-state index contributed by atoms with van der Waals surface area (Å²) in [6, 6.07) is 25.0. The number of carbonyl (C=O) groups excluding carboxylic acids is 2. The van der Waals surface area contributed by atoms with Crippen molar-refractivity contribution >= 4 is 62.3 Å². The first kappa shape index (κ1) is 36.1. The molecule has 1 N–H and O–H groups in total. The molecule has 12 heteroatoms. The third kappa shape index (κ3) is 9.41. The van der Waals surface area contributed by atoms with E-state index in [-0.39, 0.29) is 35.5 Å². The van der Waals surface area contributed by atoms with Gasteiger partial charge in [-0.25, -0.2) is 8.42 Å². The molecule has 248 valence electrons. The van der Waals surface area contributed by atoms with Crippen molar-refractivity contribution < 1.29 is 22.7 Å². The molecule has 2 amide bonds. The number of nitrogens with one attached hydrogen (secondary N) is 1. The fraction of sp³-hybridized carbons (Fsp3) is 0.257. The van der Waals surface area contributed by atoms with Crippen molar-refractivity contribution in [1.82, 2.24) is 10.2 Å². The summed E-state index contributed by atoms with van der Waals surface area (Å²) in [4.78, 5) is 29.8. The van der Waals surface area contributed by atoms with E-state index in [1.165, 1.54) is 48.4 Å². The Hall–Kier alpha value is -3.76. The third-order valence-corrected chi connectivity index (χ3v) is 10.3. The fourth-order valence-corrected chi connectivity index (χ4v) is 6.85. The minimum absolute atomic E-state index is 0.0521. The van der Waals surface area contributed by atoms with Gasteiger partial charge >= 0.3 is 0 Å². The Labute approximate surface area is 291 Å². The molecule has 2 atom stereocenters. The molecule has 0 aliphatic heterocycles. The maximum absolute atomic E-state index is 14.6. The highest BCUT2D eigenvalue weighted by atomic mass is 35.5. The molecule has 0 aliphatic rings. The molecule has 0 radical (unpaired) electrons. The minimum atomic E-state index is -4.29. The van der Waals surface area contributed by atoms with Crippen molar-refractivity contribution in [3.63, 3.8) is 0 Å². The van der Waals surface area contributed by atoms with Gasteiger partial charge in [0.2, 0.25) is 11.8 Å². The largest absolute Gasteiger partial charge is 0.497 e. The highest BCUT2D eigenvalue weighted by molar-refractivity contribution is 7.92. The van der Waals surface area contributed by atoms with Gasteiger partial charge in [0.1, 0.15) is 18.3 Å². The normalized spacial score (nSPS) is 12.6. The summed E-state index contributed by atoms with van der Waals surface area (Å²) in [5.41, 5.74) is 1.57. The molecule has 0 bridgehead atoms. The van der Waals surface area contributed by atoms with Crippen molar-refractivity contribution in [3.05, 3.63) is 123 Å². The maximum atomic E-state index is 14.6. The molecular formula is C35H36Cl3N3O5S. The number of methoxy groups -OCH3 is 1. The van der Waals surface area contributed by atoms with Gasteiger partial charge in [0, 0.05) is 34.1 Å². The van der Waals surface area contributed by atoms with Gasteiger partial charge in [-0.3, -0.25) is 13.9 Å². The number of ether oxygens (including phenoxy) is 1. The van der Waals surface area contributed by atoms with E-state index in [0.29, 0.717) is 32.8 Å². The average molecular weight is 717 g/mol. The van der Waals surface area contributed by atoms with Gasteiger partial charge in [-0.15, -0.1) is 0 Å². The summed E-state index contributed by atoms with van der Waals surface area (Å²) in [5.74, 6) is -0.527. The Kier molecular flexibility index (Phi) is 12.6. The summed E-state index contributed by atoms with van der Waals surface area (Å²) >= 11 is 18.9. The smallest absolute Gasteiger partial charge is 0.264 e. The second-order valence-corrected chi connectivity index (χ2v) is 14.1. The van der Waals surface area contributed by atoms with Crippen LogP contribution in [0.4, 0.5) is 5.69 Å². The molecule has 4 aromatic rings. The molecule has 47 heavy (non-hydrogen) atoms. The minimum Gasteiger partial charge on any atom is -0.497 e. The van der Waals surface area contributed by atoms with E-state index in [2.05, 4.69) is 5.32 Å². The maximum Gasteiger partial charge on any atom is 0.264 e. The van der Waals surface area contributed by atoms with Gasteiger partial charge < -0.3 is 15.0 Å². The van der Waals surface area contributed by atoms with Crippen LogP contribution in [0.2, 0.25) is 15.1 Å². The van der Waals surface area contributed by atoms with Crippen LogP contribution < -0.4 is 14.4 Å². The lowest BCUT2D eigenvalue weighted by Crippen LogP contribution is -2.54. The van der Waals surface area contributed by atoms with Crippen LogP contribution in [0.3, 0.4) is 0 Å². The Bertz CT molecular complexity index is 1770. The van der Waals surface area contributed by atoms with Gasteiger partial charge in [-0.2, -0.15) is 0 Å². The lowest BCUT2D eigenvalue weighted by molar-refractivity contribution is -0.140. The van der Waals surface area contributed by atoms with Crippen LogP contribution >= 0.6 is 34.8 Å². The predicted octanol–water partition coefficient (Wildman–Crippen LogP) is 7.41. The topological polar surface area (TPSA) is 96.0 Å². The molecule has 0 heterocycles. The summed E-state index contributed by atoms with van der Waals surface area (Å²) in [6.07, 6.45) is 0.845. The van der Waals surface area contributed by atoms with Gasteiger partial charge in [-0.1, -0.05) is 78.1 Å². The second kappa shape index (κ2) is 16.4. The van der Waals surface area contributed by atoms with Gasteiger partial charge in [-0.05, 0) is 85.1 Å². The zero-order chi connectivity index (χ0) is 34.1. The molecule has 0 spiro atoms. The van der Waals surface area contributed by atoms with Crippen LogP contribution in [-0.4, -0.2) is 50.9 Å². The summed E-state index contributed by atoms with van der Waals surface area (Å²) in [5, 5.41) is 4.11. The molecule has 0 aliphatic carbocycles. The van der Waals surface area contributed by atoms with Crippen molar-refractivity contribution in [2.75, 3.05) is 18.0 Å². The quantitative estimate of drug-likeness (QED) is 0.147. The first-order valence-electron chi connectivity index (χ1n) is 14.9. The van der Waals surface area contributed by atoms with Crippen molar-refractivity contribution in [2.24, 2.45) is 0 Å². The Morgan fingerprint density at radius 2 is 1.51 bits per heavy atom. The molecule has 4 aromatic carbocycles. The molecule has 0 saturated heterocycles. The molecule has 8 nitrogen and oxygen atoms in total. The molecule has 0 unspecified atom stereocenters. The number of amides is 2. The van der Waals surface area contributed by atoms with E-state index in [9.17, 15) is 18.0 Å². The number of carbonyl (C=O) groups is 2. The Morgan fingerprint density at radius 3 is 2.11 bits per heavy atom. The Morgan fingerprint density at radius 1 is 0.872 bits per heavy atom. The highest BCUT2D eigenvalue weighted by Crippen LogP contribution is 2.29. The first-order valence-corrected chi connectivity index (χ1v) is 17.5. The van der Waals surface area contributed by atoms with Crippen molar-refractivity contribution in [2.45, 2.75) is 50.2 Å². The lowest BCUT2D eigenvalue weighted by atomic mass is 10.0. The van der Waals surface area contributed by atoms with Crippen LogP contribution in [0.5, 0.6) is 5.75 Å². The number of halogens is 3. The van der Waals surface area contributed by atoms with E-state index in [1.54, 1.807) is 30.3 Å². The summed E-state index contributed by atoms with van der Waals surface area (Å²) in [6.45, 7) is 3.12.